The van der Waals surface area contributed by atoms with Crippen LogP contribution in [0.15, 0.2) is 42.2 Å². The molecule has 1 amide bonds. The van der Waals surface area contributed by atoms with Crippen molar-refractivity contribution in [1.82, 2.24) is 5.32 Å². The molecule has 1 aromatic rings. The van der Waals surface area contributed by atoms with Gasteiger partial charge in [0.15, 0.2) is 0 Å². The fourth-order valence-corrected chi connectivity index (χ4v) is 1.24. The molecule has 0 unspecified atom stereocenters. The molecule has 0 saturated carbocycles. The van der Waals surface area contributed by atoms with Gasteiger partial charge in [0.25, 0.3) is 5.91 Å². The number of carbonyl (C=O) groups is 1. The number of benzene rings is 1. The van der Waals surface area contributed by atoms with E-state index in [1.165, 1.54) is 6.08 Å². The lowest BCUT2D eigenvalue weighted by Gasteiger charge is -2.03. The molecule has 0 fully saturated rings. The number of carbonyl (C=O) groups excluding carboxylic acids is 1. The number of nitrogens with one attached hydrogen (secondary N) is 1. The van der Waals surface area contributed by atoms with Crippen molar-refractivity contribution in [3.63, 3.8) is 0 Å². The summed E-state index contributed by atoms with van der Waals surface area (Å²) in [6.07, 6.45) is 3.13. The lowest BCUT2D eigenvalue weighted by Crippen LogP contribution is -2.17. The topological polar surface area (TPSA) is 107 Å². The number of nitrogens with two attached hydrogens (primary N) is 3. The summed E-state index contributed by atoms with van der Waals surface area (Å²) >= 11 is 0. The Hall–Kier alpha value is -2.43. The summed E-state index contributed by atoms with van der Waals surface area (Å²) in [7, 11) is 1.58. The molecule has 90 valence electrons. The highest BCUT2D eigenvalue weighted by molar-refractivity contribution is 5.94. The van der Waals surface area contributed by atoms with E-state index in [-0.39, 0.29) is 11.7 Å². The molecule has 0 radical (unpaired) electrons. The van der Waals surface area contributed by atoms with Gasteiger partial charge in [0.2, 0.25) is 0 Å². The third-order valence-corrected chi connectivity index (χ3v) is 2.16. The first kappa shape index (κ1) is 12.6. The molecule has 0 bridgehead atoms. The van der Waals surface area contributed by atoms with Crippen LogP contribution in [0.4, 0.5) is 0 Å². The summed E-state index contributed by atoms with van der Waals surface area (Å²) in [6.45, 7) is 0. The van der Waals surface area contributed by atoms with E-state index in [0.29, 0.717) is 11.3 Å². The monoisotopic (exact) mass is 232 g/mol. The molecule has 1 aromatic carbocycles. The first-order chi connectivity index (χ1) is 8.04. The number of hydrogen-bond donors (Lipinski definition) is 4. The second kappa shape index (κ2) is 5.60. The van der Waals surface area contributed by atoms with E-state index in [4.69, 9.17) is 17.2 Å². The molecular formula is C12H16N4O. The van der Waals surface area contributed by atoms with Crippen molar-refractivity contribution >= 4 is 11.6 Å². The highest BCUT2D eigenvalue weighted by atomic mass is 16.1. The van der Waals surface area contributed by atoms with E-state index >= 15 is 0 Å². The molecule has 0 atom stereocenters. The highest BCUT2D eigenvalue weighted by Gasteiger charge is 2.02. The van der Waals surface area contributed by atoms with Gasteiger partial charge in [-0.3, -0.25) is 4.79 Å². The second-order valence-electron chi connectivity index (χ2n) is 3.45. The van der Waals surface area contributed by atoms with Crippen LogP contribution in [0.5, 0.6) is 0 Å². The van der Waals surface area contributed by atoms with E-state index in [9.17, 15) is 4.79 Å². The third kappa shape index (κ3) is 3.57. The van der Waals surface area contributed by atoms with Gasteiger partial charge in [-0.15, -0.1) is 0 Å². The van der Waals surface area contributed by atoms with Crippen LogP contribution in [0, 0.1) is 0 Å². The largest absolute Gasteiger partial charge is 0.398 e. The Morgan fingerprint density at radius 2 is 1.59 bits per heavy atom. The zero-order valence-electron chi connectivity index (χ0n) is 9.60. The van der Waals surface area contributed by atoms with Crippen molar-refractivity contribution in [2.75, 3.05) is 7.05 Å². The molecule has 0 aliphatic heterocycles. The summed E-state index contributed by atoms with van der Waals surface area (Å²) < 4.78 is 0. The fourth-order valence-electron chi connectivity index (χ4n) is 1.24. The molecule has 1 rings (SSSR count). The Balaban J connectivity index is 2.91. The van der Waals surface area contributed by atoms with E-state index in [1.54, 1.807) is 37.4 Å². The van der Waals surface area contributed by atoms with Gasteiger partial charge in [-0.05, 0) is 29.8 Å². The number of rotatable bonds is 3. The molecule has 5 nitrogen and oxygen atoms in total. The van der Waals surface area contributed by atoms with Crippen LogP contribution >= 0.6 is 0 Å². The summed E-state index contributed by atoms with van der Waals surface area (Å²) in [5, 5.41) is 2.54. The van der Waals surface area contributed by atoms with Crippen LogP contribution in [0.1, 0.15) is 15.9 Å². The summed E-state index contributed by atoms with van der Waals surface area (Å²) in [4.78, 5) is 11.3. The fraction of sp³-hybridized carbons (Fsp3) is 0.0833. The maximum atomic E-state index is 11.3. The van der Waals surface area contributed by atoms with E-state index in [0.717, 1.165) is 5.56 Å². The van der Waals surface area contributed by atoms with Crippen LogP contribution in [-0.2, 0) is 0 Å². The van der Waals surface area contributed by atoms with Crippen molar-refractivity contribution in [3.8, 4) is 0 Å². The second-order valence-corrected chi connectivity index (χ2v) is 3.45. The average molecular weight is 232 g/mol. The molecule has 0 spiro atoms. The Labute approximate surface area is 100.0 Å². The quantitative estimate of drug-likeness (QED) is 0.554. The van der Waals surface area contributed by atoms with Crippen LogP contribution in [0.2, 0.25) is 0 Å². The van der Waals surface area contributed by atoms with Crippen molar-refractivity contribution in [2.45, 2.75) is 0 Å². The molecule has 0 heterocycles. The predicted octanol–water partition coefficient (Wildman–Crippen LogP) is 0.105. The average Bonchev–Trinajstić information content (AvgIpc) is 2.35. The standard InChI is InChI=1S/C12H16N4O/c1-16-12(17)9-4-2-8(3-5-9)10(13)6-7-11(14)15/h2-7H,13-15H2,1H3,(H,16,17)/b10-6-. The summed E-state index contributed by atoms with van der Waals surface area (Å²) in [5.41, 5.74) is 18.3. The van der Waals surface area contributed by atoms with Gasteiger partial charge in [-0.1, -0.05) is 12.1 Å². The molecule has 5 heteroatoms. The first-order valence-corrected chi connectivity index (χ1v) is 5.05. The molecule has 17 heavy (non-hydrogen) atoms. The van der Waals surface area contributed by atoms with Gasteiger partial charge < -0.3 is 22.5 Å². The summed E-state index contributed by atoms with van der Waals surface area (Å²) in [5.74, 6) is 0.0557. The van der Waals surface area contributed by atoms with Crippen LogP contribution in [0.3, 0.4) is 0 Å². The van der Waals surface area contributed by atoms with E-state index in [1.807, 2.05) is 0 Å². The van der Waals surface area contributed by atoms with Crippen molar-refractivity contribution in [3.05, 3.63) is 53.4 Å². The highest BCUT2D eigenvalue weighted by Crippen LogP contribution is 2.10. The molecule has 0 saturated heterocycles. The van der Waals surface area contributed by atoms with Crippen molar-refractivity contribution in [2.24, 2.45) is 17.2 Å². The first-order valence-electron chi connectivity index (χ1n) is 5.05. The minimum Gasteiger partial charge on any atom is -0.398 e. The van der Waals surface area contributed by atoms with E-state index in [2.05, 4.69) is 5.32 Å². The number of allylic oxidation sites excluding steroid dienone is 2. The Kier molecular flexibility index (Phi) is 4.16. The minimum atomic E-state index is -0.134. The summed E-state index contributed by atoms with van der Waals surface area (Å²) in [6, 6.07) is 6.92. The molecule has 7 N–H and O–H groups in total. The Morgan fingerprint density at radius 3 is 2.06 bits per heavy atom. The van der Waals surface area contributed by atoms with Gasteiger partial charge in [0.1, 0.15) is 0 Å². The number of hydrogen-bond acceptors (Lipinski definition) is 4. The molecule has 0 aliphatic rings. The maximum absolute atomic E-state index is 11.3. The van der Waals surface area contributed by atoms with Gasteiger partial charge in [-0.25, -0.2) is 0 Å². The van der Waals surface area contributed by atoms with Gasteiger partial charge >= 0.3 is 0 Å². The maximum Gasteiger partial charge on any atom is 0.251 e. The van der Waals surface area contributed by atoms with Gasteiger partial charge in [-0.2, -0.15) is 0 Å². The zero-order valence-corrected chi connectivity index (χ0v) is 9.60. The Morgan fingerprint density at radius 1 is 1.06 bits per heavy atom. The normalized spacial score (nSPS) is 10.8. The van der Waals surface area contributed by atoms with Crippen LogP contribution < -0.4 is 22.5 Å². The number of amides is 1. The smallest absolute Gasteiger partial charge is 0.251 e. The van der Waals surface area contributed by atoms with Gasteiger partial charge in [0.05, 0.1) is 5.82 Å². The van der Waals surface area contributed by atoms with E-state index < -0.39 is 0 Å². The Bertz CT molecular complexity index is 456. The minimum absolute atomic E-state index is 0.134. The molecular weight excluding hydrogens is 216 g/mol. The van der Waals surface area contributed by atoms with Crippen molar-refractivity contribution < 1.29 is 4.79 Å². The van der Waals surface area contributed by atoms with Crippen molar-refractivity contribution in [1.29, 1.82) is 0 Å². The molecule has 0 aliphatic carbocycles. The zero-order chi connectivity index (χ0) is 12.8. The molecule has 0 aromatic heterocycles. The lowest BCUT2D eigenvalue weighted by molar-refractivity contribution is 0.0963. The van der Waals surface area contributed by atoms with Crippen LogP contribution in [-0.4, -0.2) is 13.0 Å². The SMILES string of the molecule is CNC(=O)c1ccc(/C(N)=C/C=C(N)N)cc1. The lowest BCUT2D eigenvalue weighted by atomic mass is 10.1. The third-order valence-electron chi connectivity index (χ3n) is 2.16. The predicted molar refractivity (Wildman–Crippen MR) is 68.5 cm³/mol. The van der Waals surface area contributed by atoms with Gasteiger partial charge in [0, 0.05) is 18.3 Å². The van der Waals surface area contributed by atoms with Crippen LogP contribution in [0.25, 0.3) is 5.70 Å².